The molecule has 0 unspecified atom stereocenters. The van der Waals surface area contributed by atoms with Crippen LogP contribution in [0, 0.1) is 0 Å². The molecule has 2 aromatic rings. The quantitative estimate of drug-likeness (QED) is 0.873. The summed E-state index contributed by atoms with van der Waals surface area (Å²) in [6.07, 6.45) is 3.14. The first-order valence-electron chi connectivity index (χ1n) is 7.12. The number of ether oxygens (including phenoxy) is 1. The van der Waals surface area contributed by atoms with Gasteiger partial charge in [0.1, 0.15) is 6.54 Å². The van der Waals surface area contributed by atoms with E-state index in [1.807, 2.05) is 12.1 Å². The largest absolute Gasteiger partial charge is 0.380 e. The number of amides is 2. The maximum Gasteiger partial charge on any atom is 0.256 e. The number of nitrogens with zero attached hydrogens (tertiary/aromatic N) is 3. The van der Waals surface area contributed by atoms with Gasteiger partial charge in [-0.3, -0.25) is 14.3 Å². The Morgan fingerprint density at radius 3 is 2.74 bits per heavy atom. The van der Waals surface area contributed by atoms with Gasteiger partial charge in [0.2, 0.25) is 5.91 Å². The van der Waals surface area contributed by atoms with E-state index in [-0.39, 0.29) is 18.4 Å². The number of anilines is 1. The van der Waals surface area contributed by atoms with Gasteiger partial charge < -0.3 is 15.0 Å². The maximum absolute atomic E-state index is 12.4. The van der Waals surface area contributed by atoms with Crippen molar-refractivity contribution in [1.29, 1.82) is 0 Å². The van der Waals surface area contributed by atoms with Gasteiger partial charge in [-0.25, -0.2) is 0 Å². The summed E-state index contributed by atoms with van der Waals surface area (Å²) < 4.78 is 6.59. The van der Waals surface area contributed by atoms with Crippen molar-refractivity contribution < 1.29 is 14.3 Å². The zero-order valence-electron chi connectivity index (χ0n) is 13.4. The predicted molar refractivity (Wildman–Crippen MR) is 86.0 cm³/mol. The number of rotatable bonds is 6. The van der Waals surface area contributed by atoms with Gasteiger partial charge in [0, 0.05) is 33.0 Å². The van der Waals surface area contributed by atoms with Crippen LogP contribution in [-0.2, 0) is 22.7 Å². The van der Waals surface area contributed by atoms with Crippen molar-refractivity contribution in [3.05, 3.63) is 47.8 Å². The van der Waals surface area contributed by atoms with E-state index in [9.17, 15) is 9.59 Å². The molecule has 0 aliphatic heterocycles. The summed E-state index contributed by atoms with van der Waals surface area (Å²) in [5, 5.41) is 6.85. The van der Waals surface area contributed by atoms with Gasteiger partial charge in [0.05, 0.1) is 18.5 Å². The van der Waals surface area contributed by atoms with Crippen LogP contribution in [0.2, 0.25) is 0 Å². The Hall–Kier alpha value is -2.67. The van der Waals surface area contributed by atoms with Crippen LogP contribution < -0.4 is 5.32 Å². The average molecular weight is 316 g/mol. The first-order valence-corrected chi connectivity index (χ1v) is 7.12. The lowest BCUT2D eigenvalue weighted by Gasteiger charge is -2.09. The zero-order chi connectivity index (χ0) is 16.8. The number of methoxy groups -OCH3 is 1. The second-order valence-corrected chi connectivity index (χ2v) is 5.26. The molecule has 122 valence electrons. The molecule has 0 aliphatic carbocycles. The van der Waals surface area contributed by atoms with Gasteiger partial charge in [-0.05, 0) is 11.6 Å². The molecule has 0 bridgehead atoms. The molecular weight excluding hydrogens is 296 g/mol. The van der Waals surface area contributed by atoms with Gasteiger partial charge >= 0.3 is 0 Å². The van der Waals surface area contributed by atoms with Crippen LogP contribution >= 0.6 is 0 Å². The molecule has 0 saturated heterocycles. The van der Waals surface area contributed by atoms with Crippen molar-refractivity contribution in [2.75, 3.05) is 26.5 Å². The van der Waals surface area contributed by atoms with Crippen molar-refractivity contribution in [3.63, 3.8) is 0 Å². The van der Waals surface area contributed by atoms with E-state index < -0.39 is 0 Å². The fourth-order valence-corrected chi connectivity index (χ4v) is 2.02. The lowest BCUT2D eigenvalue weighted by Crippen LogP contribution is -2.26. The second kappa shape index (κ2) is 7.55. The minimum atomic E-state index is -0.240. The highest BCUT2D eigenvalue weighted by Gasteiger charge is 2.12. The van der Waals surface area contributed by atoms with Crippen LogP contribution in [0.1, 0.15) is 15.9 Å². The van der Waals surface area contributed by atoms with Crippen molar-refractivity contribution in [2.45, 2.75) is 13.2 Å². The van der Waals surface area contributed by atoms with Crippen molar-refractivity contribution in [3.8, 4) is 0 Å². The van der Waals surface area contributed by atoms with Gasteiger partial charge in [-0.1, -0.05) is 18.2 Å². The van der Waals surface area contributed by atoms with Gasteiger partial charge in [-0.2, -0.15) is 5.10 Å². The molecule has 1 heterocycles. The molecule has 1 aromatic carbocycles. The minimum Gasteiger partial charge on any atom is -0.380 e. The van der Waals surface area contributed by atoms with E-state index in [2.05, 4.69) is 10.4 Å². The summed E-state index contributed by atoms with van der Waals surface area (Å²) in [6.45, 7) is 0.489. The van der Waals surface area contributed by atoms with Crippen LogP contribution in [0.3, 0.4) is 0 Å². The first-order chi connectivity index (χ1) is 11.0. The topological polar surface area (TPSA) is 76.5 Å². The number of hydrogen-bond acceptors (Lipinski definition) is 4. The Morgan fingerprint density at radius 2 is 2.04 bits per heavy atom. The SMILES string of the molecule is COCc1ccccc1C(=O)Nc1cnn(CC(=O)N(C)C)c1. The van der Waals surface area contributed by atoms with Gasteiger partial charge in [0.15, 0.2) is 0 Å². The van der Waals surface area contributed by atoms with Gasteiger partial charge in [0.25, 0.3) is 5.91 Å². The van der Waals surface area contributed by atoms with Crippen LogP contribution in [0.25, 0.3) is 0 Å². The van der Waals surface area contributed by atoms with Crippen molar-refractivity contribution >= 4 is 17.5 Å². The molecule has 0 radical (unpaired) electrons. The molecule has 1 aromatic heterocycles. The molecule has 0 atom stereocenters. The number of aromatic nitrogens is 2. The molecular formula is C16H20N4O3. The normalized spacial score (nSPS) is 10.4. The van der Waals surface area contributed by atoms with Crippen molar-refractivity contribution in [2.24, 2.45) is 0 Å². The summed E-state index contributed by atoms with van der Waals surface area (Å²) in [5.74, 6) is -0.312. The molecule has 0 saturated carbocycles. The molecule has 2 rings (SSSR count). The Balaban J connectivity index is 2.07. The fourth-order valence-electron chi connectivity index (χ4n) is 2.02. The Labute approximate surface area is 134 Å². The van der Waals surface area contributed by atoms with Crippen LogP contribution in [0.5, 0.6) is 0 Å². The molecule has 2 amide bonds. The number of nitrogens with one attached hydrogen (secondary N) is 1. The minimum absolute atomic E-state index is 0.0728. The maximum atomic E-state index is 12.4. The third kappa shape index (κ3) is 4.40. The van der Waals surface area contributed by atoms with Crippen LogP contribution in [0.4, 0.5) is 5.69 Å². The molecule has 7 nitrogen and oxygen atoms in total. The Morgan fingerprint density at radius 1 is 1.30 bits per heavy atom. The molecule has 0 spiro atoms. The second-order valence-electron chi connectivity index (χ2n) is 5.26. The zero-order valence-corrected chi connectivity index (χ0v) is 13.4. The van der Waals surface area contributed by atoms with E-state index >= 15 is 0 Å². The summed E-state index contributed by atoms with van der Waals surface area (Å²) >= 11 is 0. The number of carbonyl (C=O) groups is 2. The molecule has 1 N–H and O–H groups in total. The Bertz CT molecular complexity index is 694. The number of hydrogen-bond donors (Lipinski definition) is 1. The summed E-state index contributed by atoms with van der Waals surface area (Å²) in [4.78, 5) is 25.5. The lowest BCUT2D eigenvalue weighted by atomic mass is 10.1. The van der Waals surface area contributed by atoms with Gasteiger partial charge in [-0.15, -0.1) is 0 Å². The molecule has 0 aliphatic rings. The van der Waals surface area contributed by atoms with Crippen LogP contribution in [0.15, 0.2) is 36.7 Å². The summed E-state index contributed by atoms with van der Waals surface area (Å²) in [7, 11) is 4.95. The Kier molecular flexibility index (Phi) is 5.48. The number of carbonyl (C=O) groups excluding carboxylic acids is 2. The first kappa shape index (κ1) is 16.7. The van der Waals surface area contributed by atoms with E-state index in [1.165, 1.54) is 15.8 Å². The number of likely N-dealkylation sites (N-methyl/N-ethyl adjacent to an activating group) is 1. The third-order valence-corrected chi connectivity index (χ3v) is 3.25. The van der Waals surface area contributed by atoms with E-state index in [0.29, 0.717) is 17.9 Å². The lowest BCUT2D eigenvalue weighted by molar-refractivity contribution is -0.129. The van der Waals surface area contributed by atoms with Crippen molar-refractivity contribution in [1.82, 2.24) is 14.7 Å². The number of benzene rings is 1. The summed E-state index contributed by atoms with van der Waals surface area (Å²) in [5.41, 5.74) is 1.89. The highest BCUT2D eigenvalue weighted by molar-refractivity contribution is 6.05. The van der Waals surface area contributed by atoms with E-state index in [1.54, 1.807) is 39.5 Å². The predicted octanol–water partition coefficient (Wildman–Crippen LogP) is 1.37. The highest BCUT2D eigenvalue weighted by Crippen LogP contribution is 2.13. The molecule has 23 heavy (non-hydrogen) atoms. The molecule has 0 fully saturated rings. The average Bonchev–Trinajstić information content (AvgIpc) is 2.95. The monoisotopic (exact) mass is 316 g/mol. The summed E-state index contributed by atoms with van der Waals surface area (Å²) in [6, 6.07) is 7.24. The van der Waals surface area contributed by atoms with E-state index in [4.69, 9.17) is 4.74 Å². The highest BCUT2D eigenvalue weighted by atomic mass is 16.5. The standard InChI is InChI=1S/C16H20N4O3/c1-19(2)15(21)10-20-9-13(8-17-20)18-16(22)14-7-5-4-6-12(14)11-23-3/h4-9H,10-11H2,1-3H3,(H,18,22). The smallest absolute Gasteiger partial charge is 0.256 e. The molecule has 7 heteroatoms. The van der Waals surface area contributed by atoms with E-state index in [0.717, 1.165) is 5.56 Å². The van der Waals surface area contributed by atoms with Crippen LogP contribution in [-0.4, -0.2) is 47.7 Å². The fraction of sp³-hybridized carbons (Fsp3) is 0.312. The third-order valence-electron chi connectivity index (χ3n) is 3.25.